The number of pyridine rings is 1. The van der Waals surface area contributed by atoms with Gasteiger partial charge in [0.25, 0.3) is 0 Å². The summed E-state index contributed by atoms with van der Waals surface area (Å²) >= 11 is 3.37. The van der Waals surface area contributed by atoms with E-state index in [0.717, 1.165) is 23.1 Å². The maximum Gasteiger partial charge on any atom is 0.126 e. The van der Waals surface area contributed by atoms with Crippen LogP contribution in [0.25, 0.3) is 0 Å². The molecule has 0 amide bonds. The maximum absolute atomic E-state index is 5.41. The van der Waals surface area contributed by atoms with E-state index in [1.54, 1.807) is 13.3 Å². The molecule has 2 atom stereocenters. The van der Waals surface area contributed by atoms with Crippen LogP contribution in [0.15, 0.2) is 35.0 Å². The van der Waals surface area contributed by atoms with Crippen LogP contribution in [-0.2, 0) is 4.74 Å². The summed E-state index contributed by atoms with van der Waals surface area (Å²) < 4.78 is 6.40. The molecule has 1 aliphatic carbocycles. The SMILES string of the molecule is CO[C@H]1C=CCC[C@@H]1Nc1ccc(Br)cn1. The lowest BCUT2D eigenvalue weighted by atomic mass is 9.99. The van der Waals surface area contributed by atoms with E-state index < -0.39 is 0 Å². The Morgan fingerprint density at radius 3 is 3.06 bits per heavy atom. The Morgan fingerprint density at radius 1 is 1.50 bits per heavy atom. The minimum Gasteiger partial charge on any atom is -0.375 e. The van der Waals surface area contributed by atoms with E-state index in [4.69, 9.17) is 4.74 Å². The van der Waals surface area contributed by atoms with Crippen LogP contribution < -0.4 is 5.32 Å². The molecule has 86 valence electrons. The molecule has 1 aromatic heterocycles. The molecular formula is C12H15BrN2O. The lowest BCUT2D eigenvalue weighted by Gasteiger charge is -2.27. The number of allylic oxidation sites excluding steroid dienone is 1. The molecule has 0 aromatic carbocycles. The molecule has 1 aliphatic rings. The van der Waals surface area contributed by atoms with Crippen LogP contribution in [0, 0.1) is 0 Å². The number of hydrogen-bond donors (Lipinski definition) is 1. The first-order valence-electron chi connectivity index (χ1n) is 5.37. The van der Waals surface area contributed by atoms with Crippen molar-refractivity contribution in [3.63, 3.8) is 0 Å². The van der Waals surface area contributed by atoms with Gasteiger partial charge in [-0.15, -0.1) is 0 Å². The van der Waals surface area contributed by atoms with Crippen LogP contribution in [0.1, 0.15) is 12.8 Å². The van der Waals surface area contributed by atoms with Crippen LogP contribution in [0.5, 0.6) is 0 Å². The summed E-state index contributed by atoms with van der Waals surface area (Å²) in [5.74, 6) is 0.894. The number of nitrogens with one attached hydrogen (secondary N) is 1. The monoisotopic (exact) mass is 282 g/mol. The van der Waals surface area contributed by atoms with Gasteiger partial charge >= 0.3 is 0 Å². The highest BCUT2D eigenvalue weighted by Gasteiger charge is 2.21. The van der Waals surface area contributed by atoms with E-state index in [-0.39, 0.29) is 6.10 Å². The fraction of sp³-hybridized carbons (Fsp3) is 0.417. The first-order chi connectivity index (χ1) is 7.79. The lowest BCUT2D eigenvalue weighted by molar-refractivity contribution is 0.117. The van der Waals surface area contributed by atoms with Crippen LogP contribution in [0.2, 0.25) is 0 Å². The van der Waals surface area contributed by atoms with Gasteiger partial charge in [-0.05, 0) is 40.9 Å². The topological polar surface area (TPSA) is 34.1 Å². The third-order valence-corrected chi connectivity index (χ3v) is 3.17. The number of aromatic nitrogens is 1. The van der Waals surface area contributed by atoms with Gasteiger partial charge in [-0.1, -0.05) is 12.2 Å². The van der Waals surface area contributed by atoms with Crippen molar-refractivity contribution in [2.24, 2.45) is 0 Å². The molecule has 0 unspecified atom stereocenters. The molecule has 1 N–H and O–H groups in total. The first-order valence-corrected chi connectivity index (χ1v) is 6.16. The van der Waals surface area contributed by atoms with Crippen LogP contribution in [0.4, 0.5) is 5.82 Å². The predicted octanol–water partition coefficient (Wildman–Crippen LogP) is 2.99. The number of halogens is 1. The molecule has 2 rings (SSSR count). The van der Waals surface area contributed by atoms with Crippen molar-refractivity contribution in [2.45, 2.75) is 25.0 Å². The zero-order valence-electron chi connectivity index (χ0n) is 9.19. The highest BCUT2D eigenvalue weighted by molar-refractivity contribution is 9.10. The number of anilines is 1. The zero-order chi connectivity index (χ0) is 11.4. The molecular weight excluding hydrogens is 268 g/mol. The van der Waals surface area contributed by atoms with E-state index in [9.17, 15) is 0 Å². The second kappa shape index (κ2) is 5.46. The molecule has 0 bridgehead atoms. The Bertz CT molecular complexity index is 364. The summed E-state index contributed by atoms with van der Waals surface area (Å²) in [6.07, 6.45) is 8.38. The van der Waals surface area contributed by atoms with Gasteiger partial charge in [-0.3, -0.25) is 0 Å². The van der Waals surface area contributed by atoms with Gasteiger partial charge < -0.3 is 10.1 Å². The quantitative estimate of drug-likeness (QED) is 0.866. The highest BCUT2D eigenvalue weighted by atomic mass is 79.9. The predicted molar refractivity (Wildman–Crippen MR) is 68.5 cm³/mol. The second-order valence-corrected chi connectivity index (χ2v) is 4.73. The van der Waals surface area contributed by atoms with Crippen molar-refractivity contribution < 1.29 is 4.74 Å². The van der Waals surface area contributed by atoms with E-state index in [1.807, 2.05) is 12.1 Å². The number of rotatable bonds is 3. The first kappa shape index (κ1) is 11.6. The zero-order valence-corrected chi connectivity index (χ0v) is 10.8. The Kier molecular flexibility index (Phi) is 3.96. The van der Waals surface area contributed by atoms with Gasteiger partial charge in [0.05, 0.1) is 12.1 Å². The van der Waals surface area contributed by atoms with Crippen molar-refractivity contribution in [3.8, 4) is 0 Å². The van der Waals surface area contributed by atoms with Crippen molar-refractivity contribution >= 4 is 21.7 Å². The Hall–Kier alpha value is -0.870. The summed E-state index contributed by atoms with van der Waals surface area (Å²) in [6, 6.07) is 4.26. The molecule has 0 spiro atoms. The molecule has 4 heteroatoms. The van der Waals surface area contributed by atoms with Gasteiger partial charge in [-0.25, -0.2) is 4.98 Å². The van der Waals surface area contributed by atoms with Crippen molar-refractivity contribution in [2.75, 3.05) is 12.4 Å². The van der Waals surface area contributed by atoms with Gasteiger partial charge in [0.15, 0.2) is 0 Å². The van der Waals surface area contributed by atoms with E-state index >= 15 is 0 Å². The van der Waals surface area contributed by atoms with Gasteiger partial charge in [0.2, 0.25) is 0 Å². The number of nitrogens with zero attached hydrogens (tertiary/aromatic N) is 1. The van der Waals surface area contributed by atoms with Crippen LogP contribution >= 0.6 is 15.9 Å². The Labute approximate surface area is 104 Å². The van der Waals surface area contributed by atoms with Crippen LogP contribution in [0.3, 0.4) is 0 Å². The molecule has 1 heterocycles. The van der Waals surface area contributed by atoms with E-state index in [0.29, 0.717) is 6.04 Å². The standard InChI is InChI=1S/C12H15BrN2O/c1-16-11-5-3-2-4-10(11)15-12-7-6-9(13)8-14-12/h3,5-8,10-11H,2,4H2,1H3,(H,14,15)/t10-,11-/m0/s1. The van der Waals surface area contributed by atoms with Gasteiger partial charge in [0, 0.05) is 17.8 Å². The smallest absolute Gasteiger partial charge is 0.126 e. The fourth-order valence-corrected chi connectivity index (χ4v) is 2.09. The van der Waals surface area contributed by atoms with E-state index in [2.05, 4.69) is 38.4 Å². The molecule has 0 saturated heterocycles. The normalized spacial score (nSPS) is 24.4. The summed E-state index contributed by atoms with van der Waals surface area (Å²) in [6.45, 7) is 0. The number of hydrogen-bond acceptors (Lipinski definition) is 3. The van der Waals surface area contributed by atoms with Crippen LogP contribution in [-0.4, -0.2) is 24.2 Å². The van der Waals surface area contributed by atoms with E-state index in [1.165, 1.54) is 0 Å². The summed E-state index contributed by atoms with van der Waals surface area (Å²) in [4.78, 5) is 4.30. The van der Waals surface area contributed by atoms with Gasteiger partial charge in [0.1, 0.15) is 5.82 Å². The van der Waals surface area contributed by atoms with Crippen molar-refractivity contribution in [1.82, 2.24) is 4.98 Å². The lowest BCUT2D eigenvalue weighted by Crippen LogP contribution is -2.35. The Morgan fingerprint density at radius 2 is 2.38 bits per heavy atom. The number of ether oxygens (including phenoxy) is 1. The summed E-state index contributed by atoms with van der Waals surface area (Å²) in [7, 11) is 1.74. The molecule has 0 aliphatic heterocycles. The summed E-state index contributed by atoms with van der Waals surface area (Å²) in [5, 5.41) is 3.40. The number of methoxy groups -OCH3 is 1. The molecule has 0 fully saturated rings. The maximum atomic E-state index is 5.41. The van der Waals surface area contributed by atoms with Crippen molar-refractivity contribution in [1.29, 1.82) is 0 Å². The Balaban J connectivity index is 2.03. The largest absolute Gasteiger partial charge is 0.375 e. The highest BCUT2D eigenvalue weighted by Crippen LogP contribution is 2.19. The molecule has 3 nitrogen and oxygen atoms in total. The molecule has 1 aromatic rings. The summed E-state index contributed by atoms with van der Waals surface area (Å²) in [5.41, 5.74) is 0. The average molecular weight is 283 g/mol. The molecule has 16 heavy (non-hydrogen) atoms. The minimum absolute atomic E-state index is 0.138. The third-order valence-electron chi connectivity index (χ3n) is 2.70. The van der Waals surface area contributed by atoms with Gasteiger partial charge in [-0.2, -0.15) is 0 Å². The second-order valence-electron chi connectivity index (χ2n) is 3.82. The minimum atomic E-state index is 0.138. The third kappa shape index (κ3) is 2.83. The fourth-order valence-electron chi connectivity index (χ4n) is 1.85. The van der Waals surface area contributed by atoms with Crippen molar-refractivity contribution in [3.05, 3.63) is 35.0 Å². The molecule has 0 saturated carbocycles. The molecule has 0 radical (unpaired) electrons. The average Bonchev–Trinajstić information content (AvgIpc) is 2.33.